The number of hydrogen-bond acceptors (Lipinski definition) is 13. The van der Waals surface area contributed by atoms with Gasteiger partial charge in [-0.3, -0.25) is 9.59 Å². The first kappa shape index (κ1) is 54.7. The number of aliphatic carboxylic acids is 3. The van der Waals surface area contributed by atoms with Crippen molar-refractivity contribution in [3.05, 3.63) is 11.6 Å². The van der Waals surface area contributed by atoms with E-state index >= 15 is 0 Å². The van der Waals surface area contributed by atoms with Gasteiger partial charge in [0.15, 0.2) is 30.6 Å². The zero-order valence-corrected chi connectivity index (χ0v) is 34.4. The molecule has 2 saturated heterocycles. The Morgan fingerprint density at radius 1 is 0.705 bits per heavy atom. The maximum absolute atomic E-state index is 14.8. The number of rotatable bonds is 7. The molecule has 19 heteroatoms. The second-order valence-electron chi connectivity index (χ2n) is 20.6. The minimum atomic E-state index is -2.05. The van der Waals surface area contributed by atoms with Crippen molar-refractivity contribution in [2.45, 2.75) is 174 Å². The number of ketones is 1. The van der Waals surface area contributed by atoms with E-state index in [0.29, 0.717) is 25.7 Å². The summed E-state index contributed by atoms with van der Waals surface area (Å²) in [5, 5.41) is 83.0. The van der Waals surface area contributed by atoms with Crippen LogP contribution in [-0.2, 0) is 38.1 Å². The monoisotopic (exact) mass is 930 g/mol. The van der Waals surface area contributed by atoms with Crippen molar-refractivity contribution in [2.24, 2.45) is 50.2 Å². The molecule has 19 atom stereocenters. The van der Waals surface area contributed by atoms with E-state index < -0.39 is 107 Å². The third-order valence-corrected chi connectivity index (χ3v) is 17.2. The van der Waals surface area contributed by atoms with Crippen LogP contribution in [0.15, 0.2) is 11.6 Å². The molecule has 0 aromatic carbocycles. The van der Waals surface area contributed by atoms with Crippen LogP contribution >= 0.6 is 0 Å². The average Bonchev–Trinajstić information content (AvgIpc) is 3.13. The quantitative estimate of drug-likeness (QED) is 0.121. The molecule has 0 aromatic heterocycles. The molecule has 8 N–H and O–H groups in total. The minimum Gasteiger partial charge on any atom is 0.316 e. The van der Waals surface area contributed by atoms with Crippen LogP contribution in [0, 0.1) is 50.2 Å². The Balaban J connectivity index is 0.00000273. The molecular weight excluding hydrogens is 864 g/mol. The summed E-state index contributed by atoms with van der Waals surface area (Å²) >= 11 is 0. The van der Waals surface area contributed by atoms with Gasteiger partial charge in [-0.15, -0.1) is 0 Å². The van der Waals surface area contributed by atoms with Gasteiger partial charge < -0.3 is 59.8 Å². The van der Waals surface area contributed by atoms with Gasteiger partial charge in [-0.2, -0.15) is 0 Å². The SMILES string of the molecule is CC1(C)[C@@H](O[C@H]2O[C@H](C(=O)O)[C@@H](O)[C@H](O)[C@H]2O[C@@H]2O[C@H](C(=O)O)[C@@H](O)[C@H](O)[C@H]2O)CC[C@]2(C)[C@H]3C(=O)C=C4[C@@H]5C[C@@](C)(C(=O)O)CC[C@]5(C)CC[C@@]4(C)[C@]3(C)CC[C@@H]12.[CaH2].[KH].[MgH2]. The van der Waals surface area contributed by atoms with Crippen molar-refractivity contribution in [1.82, 2.24) is 0 Å². The van der Waals surface area contributed by atoms with E-state index in [1.54, 1.807) is 0 Å². The van der Waals surface area contributed by atoms with E-state index in [1.165, 1.54) is 0 Å². The van der Waals surface area contributed by atoms with E-state index in [2.05, 4.69) is 27.7 Å². The largest absolute Gasteiger partial charge is 0.316 e. The molecule has 2 aliphatic heterocycles. The first-order valence-corrected chi connectivity index (χ1v) is 20.7. The molecule has 0 bridgehead atoms. The summed E-state index contributed by atoms with van der Waals surface area (Å²) in [7, 11) is 0. The predicted molar refractivity (Wildman–Crippen MR) is 224 cm³/mol. The first-order valence-electron chi connectivity index (χ1n) is 20.7. The van der Waals surface area contributed by atoms with Crippen molar-refractivity contribution >= 4 is 136 Å². The number of allylic oxidation sites excluding steroid dienone is 2. The van der Waals surface area contributed by atoms with Gasteiger partial charge in [0.2, 0.25) is 0 Å². The van der Waals surface area contributed by atoms with Crippen LogP contribution in [0.25, 0.3) is 0 Å². The van der Waals surface area contributed by atoms with E-state index in [-0.39, 0.29) is 147 Å². The zero-order valence-electron chi connectivity index (χ0n) is 34.4. The Labute approximate surface area is 445 Å². The van der Waals surface area contributed by atoms with E-state index in [9.17, 15) is 60.0 Å². The molecule has 16 nitrogen and oxygen atoms in total. The third-order valence-electron chi connectivity index (χ3n) is 17.2. The maximum atomic E-state index is 14.8. The zero-order chi connectivity index (χ0) is 42.9. The molecule has 61 heavy (non-hydrogen) atoms. The number of ether oxygens (including phenoxy) is 4. The van der Waals surface area contributed by atoms with Crippen molar-refractivity contribution < 1.29 is 79.0 Å². The Morgan fingerprint density at radius 2 is 1.26 bits per heavy atom. The van der Waals surface area contributed by atoms with E-state index in [0.717, 1.165) is 37.7 Å². The summed E-state index contributed by atoms with van der Waals surface area (Å²) in [6, 6.07) is 0. The van der Waals surface area contributed by atoms with Crippen LogP contribution in [0.4, 0.5) is 0 Å². The van der Waals surface area contributed by atoms with Crippen LogP contribution in [0.5, 0.6) is 0 Å². The normalized spacial score (nSPS) is 50.0. The molecule has 0 radical (unpaired) electrons. The van der Waals surface area contributed by atoms with Gasteiger partial charge in [0, 0.05) is 5.92 Å². The van der Waals surface area contributed by atoms with Gasteiger partial charge in [-0.1, -0.05) is 47.1 Å². The van der Waals surface area contributed by atoms with Crippen molar-refractivity contribution in [2.75, 3.05) is 0 Å². The molecule has 0 unspecified atom stereocenters. The van der Waals surface area contributed by atoms with Crippen LogP contribution in [0.3, 0.4) is 0 Å². The number of carbonyl (C=O) groups is 4. The molecule has 0 spiro atoms. The standard InChI is InChI=1S/C42H62O16.Ca.K.Mg.5H/c1-37(2)21-8-11-42(7)31(20(43)16-18-19-17-39(4,36(53)54)13-12-38(19,3)14-15-41(18,42)6)40(21,5)10-9-22(37)55-35-30(26(47)25(46)29(57-35)33(51)52)58-34-27(48)23(44)24(45)28(56-34)32(49)50;;;;;;;;/h16,19,21-31,34-35,44-48H,8-15,17H2,1-7H3,(H,49,50)(H,51,52)(H,53,54);;;;;;;;/t19-,21-,22-,23-,24-,25-,26-,27+,28-,29-,30+,31+,34-,35-,38+,39-,40-,41+,42+;;;;;;;;/m0......../s1. The van der Waals surface area contributed by atoms with Crippen molar-refractivity contribution in [1.29, 1.82) is 0 Å². The number of hydrogen-bond donors (Lipinski definition) is 8. The first-order chi connectivity index (χ1) is 26.8. The molecule has 7 rings (SSSR count). The smallest absolute Gasteiger partial charge is 0.316 e. The Bertz CT molecular complexity index is 1750. The second-order valence-corrected chi connectivity index (χ2v) is 20.6. The third kappa shape index (κ3) is 8.65. The Kier molecular flexibility index (Phi) is 17.0. The molecule has 2 heterocycles. The average molecular weight is 931 g/mol. The van der Waals surface area contributed by atoms with Gasteiger partial charge in [0.25, 0.3) is 0 Å². The number of carbonyl (C=O) groups excluding carboxylic acids is 1. The maximum Gasteiger partial charge on any atom is 0.316 e. The second kappa shape index (κ2) is 18.9. The number of aliphatic hydroxyl groups excluding tert-OH is 5. The summed E-state index contributed by atoms with van der Waals surface area (Å²) in [6.45, 7) is 14.8. The van der Waals surface area contributed by atoms with Crippen LogP contribution < -0.4 is 0 Å². The van der Waals surface area contributed by atoms with Gasteiger partial charge >= 0.3 is 130 Å². The molecule has 5 aliphatic carbocycles. The van der Waals surface area contributed by atoms with Gasteiger partial charge in [0.05, 0.1) is 11.5 Å². The molecule has 6 fully saturated rings. The topological polar surface area (TPSA) is 267 Å². The fraction of sp³-hybridized carbons (Fsp3) is 0.857. The Hall–Kier alpha value is 1.12. The fourth-order valence-corrected chi connectivity index (χ4v) is 13.4. The van der Waals surface area contributed by atoms with Crippen LogP contribution in [-0.4, -0.2) is 244 Å². The number of fused-ring (bicyclic) bond motifs is 7. The number of aliphatic hydroxyl groups is 5. The van der Waals surface area contributed by atoms with Crippen LogP contribution in [0.1, 0.15) is 106 Å². The number of carboxylic acid groups (broad SMARTS) is 3. The molecule has 4 saturated carbocycles. The Morgan fingerprint density at radius 3 is 1.84 bits per heavy atom. The molecule has 0 aromatic rings. The van der Waals surface area contributed by atoms with Gasteiger partial charge in [-0.05, 0) is 110 Å². The summed E-state index contributed by atoms with van der Waals surface area (Å²) in [4.78, 5) is 51.3. The molecule has 7 aliphatic rings. The fourth-order valence-electron chi connectivity index (χ4n) is 13.4. The summed E-state index contributed by atoms with van der Waals surface area (Å²) in [6.07, 6.45) is -12.2. The van der Waals surface area contributed by atoms with Crippen LogP contribution in [0.2, 0.25) is 0 Å². The predicted octanol–water partition coefficient (Wildman–Crippen LogP) is -0.235. The minimum absolute atomic E-state index is 0. The van der Waals surface area contributed by atoms with Crippen molar-refractivity contribution in [3.8, 4) is 0 Å². The summed E-state index contributed by atoms with van der Waals surface area (Å²) < 4.78 is 23.4. The molecular formula is C42H67CaKMgO16. The summed E-state index contributed by atoms with van der Waals surface area (Å²) in [5.74, 6) is -4.47. The van der Waals surface area contributed by atoms with Crippen molar-refractivity contribution in [3.63, 3.8) is 0 Å². The van der Waals surface area contributed by atoms with Gasteiger partial charge in [0.1, 0.15) is 36.6 Å². The molecule has 336 valence electrons. The van der Waals surface area contributed by atoms with Gasteiger partial charge in [-0.25, -0.2) is 9.59 Å². The van der Waals surface area contributed by atoms with E-state index in [4.69, 9.17) is 18.9 Å². The summed E-state index contributed by atoms with van der Waals surface area (Å²) in [5.41, 5.74) is -1.81. The van der Waals surface area contributed by atoms with E-state index in [1.807, 2.05) is 26.8 Å². The molecule has 0 amide bonds. The number of carboxylic acids is 3.